The van der Waals surface area contributed by atoms with Crippen LogP contribution in [-0.2, 0) is 10.0 Å². The number of likely N-dealkylation sites (N-methyl/N-ethyl adjacent to an activating group) is 1. The highest BCUT2D eigenvalue weighted by molar-refractivity contribution is 7.89. The fourth-order valence-corrected chi connectivity index (χ4v) is 4.68. The third-order valence-electron chi connectivity index (χ3n) is 4.32. The molecule has 1 fully saturated rings. The molecule has 2 atom stereocenters. The van der Waals surface area contributed by atoms with E-state index in [1.807, 2.05) is 26.1 Å². The standard InChI is InChI=1S/C16H21N3O2S/c1-11-6-7-15(13-5-4-8-17-16(11)13)22(20,21)18-14-10-19(3)9-12(14)2/h4-8,12,14,18H,9-10H2,1-3H3. The average molecular weight is 319 g/mol. The van der Waals surface area contributed by atoms with Gasteiger partial charge in [0.05, 0.1) is 10.4 Å². The molecular formula is C16H21N3O2S. The molecule has 1 N–H and O–H groups in total. The molecule has 6 heteroatoms. The summed E-state index contributed by atoms with van der Waals surface area (Å²) in [6.45, 7) is 5.66. The Balaban J connectivity index is 2.01. The highest BCUT2D eigenvalue weighted by Gasteiger charge is 2.31. The van der Waals surface area contributed by atoms with Gasteiger partial charge in [0.25, 0.3) is 0 Å². The lowest BCUT2D eigenvalue weighted by molar-refractivity contribution is 0.400. The van der Waals surface area contributed by atoms with Gasteiger partial charge >= 0.3 is 0 Å². The summed E-state index contributed by atoms with van der Waals surface area (Å²) in [4.78, 5) is 6.77. The molecule has 0 radical (unpaired) electrons. The van der Waals surface area contributed by atoms with Crippen LogP contribution >= 0.6 is 0 Å². The van der Waals surface area contributed by atoms with Crippen molar-refractivity contribution >= 4 is 20.9 Å². The van der Waals surface area contributed by atoms with Crippen LogP contribution in [0.3, 0.4) is 0 Å². The molecule has 3 rings (SSSR count). The molecule has 5 nitrogen and oxygen atoms in total. The monoisotopic (exact) mass is 319 g/mol. The minimum absolute atomic E-state index is 0.0528. The number of sulfonamides is 1. The molecule has 118 valence electrons. The summed E-state index contributed by atoms with van der Waals surface area (Å²) in [6.07, 6.45) is 1.69. The predicted molar refractivity (Wildman–Crippen MR) is 87.3 cm³/mol. The number of pyridine rings is 1. The topological polar surface area (TPSA) is 62.3 Å². The molecule has 1 aliphatic heterocycles. The van der Waals surface area contributed by atoms with Crippen molar-refractivity contribution in [3.05, 3.63) is 36.0 Å². The summed E-state index contributed by atoms with van der Waals surface area (Å²) in [6, 6.07) is 7.02. The fourth-order valence-electron chi connectivity index (χ4n) is 3.15. The first kappa shape index (κ1) is 15.4. The van der Waals surface area contributed by atoms with Gasteiger partial charge in [0.1, 0.15) is 0 Å². The minimum Gasteiger partial charge on any atom is -0.304 e. The Morgan fingerprint density at radius 2 is 2.05 bits per heavy atom. The number of hydrogen-bond acceptors (Lipinski definition) is 4. The Morgan fingerprint density at radius 1 is 1.27 bits per heavy atom. The summed E-state index contributed by atoms with van der Waals surface area (Å²) in [5, 5.41) is 0.675. The van der Waals surface area contributed by atoms with Crippen LogP contribution in [0.2, 0.25) is 0 Å². The van der Waals surface area contributed by atoms with Gasteiger partial charge in [-0.3, -0.25) is 4.98 Å². The molecule has 0 amide bonds. The summed E-state index contributed by atoms with van der Waals surface area (Å²) in [7, 11) is -1.55. The normalized spacial score (nSPS) is 23.2. The highest BCUT2D eigenvalue weighted by atomic mass is 32.2. The number of hydrogen-bond donors (Lipinski definition) is 1. The first-order valence-corrected chi connectivity index (χ1v) is 8.92. The van der Waals surface area contributed by atoms with E-state index in [-0.39, 0.29) is 6.04 Å². The van der Waals surface area contributed by atoms with Gasteiger partial charge < -0.3 is 4.90 Å². The Morgan fingerprint density at radius 3 is 2.73 bits per heavy atom. The number of nitrogens with zero attached hydrogens (tertiary/aromatic N) is 2. The maximum Gasteiger partial charge on any atom is 0.241 e. The van der Waals surface area contributed by atoms with Crippen molar-refractivity contribution in [1.82, 2.24) is 14.6 Å². The third-order valence-corrected chi connectivity index (χ3v) is 5.87. The second kappa shape index (κ2) is 5.61. The van der Waals surface area contributed by atoms with Crippen molar-refractivity contribution in [3.63, 3.8) is 0 Å². The number of nitrogens with one attached hydrogen (secondary N) is 1. The molecular weight excluding hydrogens is 298 g/mol. The van der Waals surface area contributed by atoms with Gasteiger partial charge in [-0.2, -0.15) is 0 Å². The SMILES string of the molecule is Cc1ccc(S(=O)(=O)NC2CN(C)CC2C)c2cccnc12. The van der Waals surface area contributed by atoms with Gasteiger partial charge in [-0.1, -0.05) is 13.0 Å². The number of likely N-dealkylation sites (tertiary alicyclic amines) is 1. The van der Waals surface area contributed by atoms with Crippen molar-refractivity contribution in [3.8, 4) is 0 Å². The van der Waals surface area contributed by atoms with Crippen molar-refractivity contribution in [2.24, 2.45) is 5.92 Å². The summed E-state index contributed by atoms with van der Waals surface area (Å²) >= 11 is 0. The zero-order valence-electron chi connectivity index (χ0n) is 13.1. The Bertz CT molecular complexity index is 804. The summed E-state index contributed by atoms with van der Waals surface area (Å²) < 4.78 is 28.5. The highest BCUT2D eigenvalue weighted by Crippen LogP contribution is 2.25. The predicted octanol–water partition coefficient (Wildman–Crippen LogP) is 1.77. The molecule has 2 heterocycles. The molecule has 0 bridgehead atoms. The molecule has 22 heavy (non-hydrogen) atoms. The number of benzene rings is 1. The van der Waals surface area contributed by atoms with E-state index in [9.17, 15) is 8.42 Å². The largest absolute Gasteiger partial charge is 0.304 e. The van der Waals surface area contributed by atoms with Crippen LogP contribution in [-0.4, -0.2) is 44.5 Å². The summed E-state index contributed by atoms with van der Waals surface area (Å²) in [5.41, 5.74) is 1.71. The number of aryl methyl sites for hydroxylation is 1. The van der Waals surface area contributed by atoms with Gasteiger partial charge in [-0.25, -0.2) is 13.1 Å². The lowest BCUT2D eigenvalue weighted by Gasteiger charge is -2.17. The van der Waals surface area contributed by atoms with E-state index in [1.54, 1.807) is 18.3 Å². The lowest BCUT2D eigenvalue weighted by atomic mass is 10.1. The zero-order chi connectivity index (χ0) is 15.9. The van der Waals surface area contributed by atoms with Gasteiger partial charge in [-0.15, -0.1) is 0 Å². The first-order valence-electron chi connectivity index (χ1n) is 7.43. The van der Waals surface area contributed by atoms with Crippen LogP contribution in [0.1, 0.15) is 12.5 Å². The molecule has 0 spiro atoms. The molecule has 1 aliphatic rings. The van der Waals surface area contributed by atoms with Crippen LogP contribution in [0.15, 0.2) is 35.4 Å². The van der Waals surface area contributed by atoms with Crippen LogP contribution in [0.4, 0.5) is 0 Å². The second-order valence-corrected chi connectivity index (χ2v) is 7.89. The average Bonchev–Trinajstić information content (AvgIpc) is 2.76. The lowest BCUT2D eigenvalue weighted by Crippen LogP contribution is -2.39. The minimum atomic E-state index is -3.56. The van der Waals surface area contributed by atoms with Gasteiger partial charge in [0.2, 0.25) is 10.0 Å². The van der Waals surface area contributed by atoms with Crippen molar-refractivity contribution in [1.29, 1.82) is 0 Å². The number of rotatable bonds is 3. The number of aromatic nitrogens is 1. The smallest absolute Gasteiger partial charge is 0.241 e. The first-order chi connectivity index (χ1) is 10.4. The van der Waals surface area contributed by atoms with E-state index < -0.39 is 10.0 Å². The second-order valence-electron chi connectivity index (χ2n) is 6.21. The van der Waals surface area contributed by atoms with Crippen LogP contribution in [0, 0.1) is 12.8 Å². The maximum atomic E-state index is 12.8. The van der Waals surface area contributed by atoms with Gasteiger partial charge in [-0.05, 0) is 43.7 Å². The van der Waals surface area contributed by atoms with E-state index in [1.165, 1.54) is 0 Å². The van der Waals surface area contributed by atoms with Crippen LogP contribution in [0.5, 0.6) is 0 Å². The molecule has 1 saturated heterocycles. The van der Waals surface area contributed by atoms with Gasteiger partial charge in [0, 0.05) is 30.7 Å². The summed E-state index contributed by atoms with van der Waals surface area (Å²) in [5.74, 6) is 0.301. The zero-order valence-corrected chi connectivity index (χ0v) is 13.9. The van der Waals surface area contributed by atoms with Gasteiger partial charge in [0.15, 0.2) is 0 Å². The molecule has 1 aromatic carbocycles. The Labute approximate surface area is 131 Å². The third kappa shape index (κ3) is 2.74. The molecule has 2 unspecified atom stereocenters. The van der Waals surface area contributed by atoms with E-state index in [0.717, 1.165) is 24.2 Å². The van der Waals surface area contributed by atoms with Crippen molar-refractivity contribution in [2.75, 3.05) is 20.1 Å². The van der Waals surface area contributed by atoms with E-state index >= 15 is 0 Å². The van der Waals surface area contributed by atoms with E-state index in [0.29, 0.717) is 16.2 Å². The Kier molecular flexibility index (Phi) is 3.92. The molecule has 0 aliphatic carbocycles. The van der Waals surface area contributed by atoms with Crippen LogP contribution in [0.25, 0.3) is 10.9 Å². The maximum absolute atomic E-state index is 12.8. The van der Waals surface area contributed by atoms with E-state index in [4.69, 9.17) is 0 Å². The fraction of sp³-hybridized carbons (Fsp3) is 0.438. The molecule has 2 aromatic rings. The van der Waals surface area contributed by atoms with Crippen LogP contribution < -0.4 is 4.72 Å². The Hall–Kier alpha value is -1.50. The quantitative estimate of drug-likeness (QED) is 0.936. The van der Waals surface area contributed by atoms with Crippen molar-refractivity contribution < 1.29 is 8.42 Å². The molecule has 1 aromatic heterocycles. The van der Waals surface area contributed by atoms with E-state index in [2.05, 4.69) is 21.5 Å². The van der Waals surface area contributed by atoms with Crippen molar-refractivity contribution in [2.45, 2.75) is 24.8 Å². The molecule has 0 saturated carbocycles. The number of fused-ring (bicyclic) bond motifs is 1.